The molecule has 2 aromatic heterocycles. The van der Waals surface area contributed by atoms with Crippen LogP contribution < -0.4 is 10.1 Å². The van der Waals surface area contributed by atoms with Crippen molar-refractivity contribution in [3.05, 3.63) is 34.6 Å². The van der Waals surface area contributed by atoms with Crippen LogP contribution >= 0.6 is 11.5 Å². The Morgan fingerprint density at radius 3 is 3.06 bits per heavy atom. The van der Waals surface area contributed by atoms with Crippen molar-refractivity contribution in [3.63, 3.8) is 0 Å². The average molecular weight is 264 g/mol. The van der Waals surface area contributed by atoms with E-state index in [0.29, 0.717) is 28.6 Å². The predicted molar refractivity (Wildman–Crippen MR) is 66.6 cm³/mol. The van der Waals surface area contributed by atoms with Crippen LogP contribution in [0.2, 0.25) is 0 Å². The van der Waals surface area contributed by atoms with Gasteiger partial charge in [-0.1, -0.05) is 4.49 Å². The number of methoxy groups -OCH3 is 1. The van der Waals surface area contributed by atoms with Gasteiger partial charge in [0, 0.05) is 6.20 Å². The van der Waals surface area contributed by atoms with Crippen molar-refractivity contribution < 1.29 is 9.53 Å². The summed E-state index contributed by atoms with van der Waals surface area (Å²) in [5.74, 6) is 0.451. The molecule has 0 aromatic carbocycles. The molecule has 1 N–H and O–H groups in total. The van der Waals surface area contributed by atoms with Crippen LogP contribution in [0.5, 0.6) is 5.75 Å². The molecule has 0 unspecified atom stereocenters. The van der Waals surface area contributed by atoms with E-state index in [1.165, 1.54) is 0 Å². The number of aromatic nitrogens is 3. The molecule has 0 radical (unpaired) electrons. The minimum Gasteiger partial charge on any atom is -0.495 e. The summed E-state index contributed by atoms with van der Waals surface area (Å²) in [6.45, 7) is 2.06. The number of pyridine rings is 1. The van der Waals surface area contributed by atoms with Gasteiger partial charge in [-0.2, -0.15) is 0 Å². The second kappa shape index (κ2) is 5.54. The Labute approximate surface area is 108 Å². The molecule has 0 aliphatic carbocycles. The summed E-state index contributed by atoms with van der Waals surface area (Å²) in [7, 11) is 1.57. The number of nitrogens with zero attached hydrogens (tertiary/aromatic N) is 3. The minimum atomic E-state index is -0.199. The third-order valence-corrected chi connectivity index (χ3v) is 3.17. The summed E-state index contributed by atoms with van der Waals surface area (Å²) in [6.07, 6.45) is 1.66. The molecule has 0 aliphatic rings. The Kier molecular flexibility index (Phi) is 3.83. The lowest BCUT2D eigenvalue weighted by molar-refractivity contribution is 0.0953. The van der Waals surface area contributed by atoms with E-state index in [2.05, 4.69) is 19.9 Å². The van der Waals surface area contributed by atoms with E-state index in [-0.39, 0.29) is 5.91 Å². The molecular weight excluding hydrogens is 252 g/mol. The van der Waals surface area contributed by atoms with Crippen LogP contribution in [0.3, 0.4) is 0 Å². The quantitative estimate of drug-likeness (QED) is 0.897. The van der Waals surface area contributed by atoms with Gasteiger partial charge < -0.3 is 10.1 Å². The van der Waals surface area contributed by atoms with E-state index in [9.17, 15) is 4.79 Å². The first-order valence-electron chi connectivity index (χ1n) is 5.27. The molecule has 94 valence electrons. The van der Waals surface area contributed by atoms with Crippen LogP contribution in [0.25, 0.3) is 0 Å². The second-order valence-electron chi connectivity index (χ2n) is 3.52. The van der Waals surface area contributed by atoms with Gasteiger partial charge in [0.1, 0.15) is 16.3 Å². The summed E-state index contributed by atoms with van der Waals surface area (Å²) in [5, 5.41) is 6.56. The number of aryl methyl sites for hydroxylation is 1. The molecule has 6 nitrogen and oxygen atoms in total. The van der Waals surface area contributed by atoms with Gasteiger partial charge in [-0.3, -0.25) is 9.78 Å². The Hall–Kier alpha value is -2.02. The molecule has 0 saturated carbocycles. The van der Waals surface area contributed by atoms with Gasteiger partial charge in [-0.15, -0.1) is 5.10 Å². The molecule has 0 atom stereocenters. The number of hydrogen-bond acceptors (Lipinski definition) is 6. The molecule has 0 spiro atoms. The molecule has 0 aliphatic heterocycles. The molecule has 1 amide bonds. The smallest absolute Gasteiger partial charge is 0.265 e. The number of carbonyl (C=O) groups excluding carboxylic acids is 1. The summed E-state index contributed by atoms with van der Waals surface area (Å²) in [4.78, 5) is 16.5. The van der Waals surface area contributed by atoms with Crippen molar-refractivity contribution in [1.29, 1.82) is 0 Å². The summed E-state index contributed by atoms with van der Waals surface area (Å²) in [5.41, 5.74) is 1.31. The standard InChI is InChI=1S/C11H12N4O2S/c1-7-10(18-15-14-7)11(16)13-6-8-9(17-2)4-3-5-12-8/h3-5H,6H2,1-2H3,(H,13,16). The van der Waals surface area contributed by atoms with E-state index < -0.39 is 0 Å². The molecule has 2 rings (SSSR count). The number of hydrogen-bond donors (Lipinski definition) is 1. The first-order valence-corrected chi connectivity index (χ1v) is 6.04. The van der Waals surface area contributed by atoms with Gasteiger partial charge in [0.25, 0.3) is 5.91 Å². The first kappa shape index (κ1) is 12.4. The van der Waals surface area contributed by atoms with Crippen LogP contribution in [0.15, 0.2) is 18.3 Å². The van der Waals surface area contributed by atoms with E-state index in [4.69, 9.17) is 4.74 Å². The lowest BCUT2D eigenvalue weighted by Gasteiger charge is -2.07. The highest BCUT2D eigenvalue weighted by Crippen LogP contribution is 2.14. The van der Waals surface area contributed by atoms with Crippen molar-refractivity contribution in [2.75, 3.05) is 7.11 Å². The zero-order valence-corrected chi connectivity index (χ0v) is 10.8. The highest BCUT2D eigenvalue weighted by Gasteiger charge is 2.13. The van der Waals surface area contributed by atoms with Crippen molar-refractivity contribution in [3.8, 4) is 5.75 Å². The van der Waals surface area contributed by atoms with Crippen molar-refractivity contribution in [1.82, 2.24) is 19.9 Å². The fourth-order valence-electron chi connectivity index (χ4n) is 1.43. The number of ether oxygens (including phenoxy) is 1. The molecular formula is C11H12N4O2S. The highest BCUT2D eigenvalue weighted by atomic mass is 32.1. The average Bonchev–Trinajstić information content (AvgIpc) is 2.82. The normalized spacial score (nSPS) is 10.1. The zero-order valence-electron chi connectivity index (χ0n) is 10.0. The Bertz CT molecular complexity index is 555. The summed E-state index contributed by atoms with van der Waals surface area (Å²) in [6, 6.07) is 3.58. The maximum absolute atomic E-state index is 11.9. The summed E-state index contributed by atoms with van der Waals surface area (Å²) < 4.78 is 8.88. The topological polar surface area (TPSA) is 77.0 Å². The molecule has 2 aromatic rings. The predicted octanol–water partition coefficient (Wildman–Crippen LogP) is 1.18. The molecule has 0 bridgehead atoms. The van der Waals surface area contributed by atoms with Gasteiger partial charge in [0.05, 0.1) is 19.3 Å². The zero-order chi connectivity index (χ0) is 13.0. The molecule has 7 heteroatoms. The number of nitrogens with one attached hydrogen (secondary N) is 1. The van der Waals surface area contributed by atoms with E-state index >= 15 is 0 Å². The van der Waals surface area contributed by atoms with Gasteiger partial charge in [-0.25, -0.2) is 0 Å². The van der Waals surface area contributed by atoms with Crippen LogP contribution in [-0.4, -0.2) is 27.6 Å². The van der Waals surface area contributed by atoms with E-state index in [1.54, 1.807) is 32.4 Å². The van der Waals surface area contributed by atoms with Crippen molar-refractivity contribution in [2.45, 2.75) is 13.5 Å². The van der Waals surface area contributed by atoms with Crippen LogP contribution in [0, 0.1) is 6.92 Å². The van der Waals surface area contributed by atoms with Crippen LogP contribution in [0.1, 0.15) is 21.1 Å². The fourth-order valence-corrected chi connectivity index (χ4v) is 2.00. The number of carbonyl (C=O) groups is 1. The lowest BCUT2D eigenvalue weighted by Crippen LogP contribution is -2.23. The Morgan fingerprint density at radius 2 is 2.39 bits per heavy atom. The third kappa shape index (κ3) is 2.62. The van der Waals surface area contributed by atoms with E-state index in [0.717, 1.165) is 11.5 Å². The Balaban J connectivity index is 2.04. The van der Waals surface area contributed by atoms with Crippen molar-refractivity contribution >= 4 is 17.4 Å². The van der Waals surface area contributed by atoms with Gasteiger partial charge >= 0.3 is 0 Å². The molecule has 0 saturated heterocycles. The third-order valence-electron chi connectivity index (χ3n) is 2.34. The lowest BCUT2D eigenvalue weighted by atomic mass is 10.3. The minimum absolute atomic E-state index is 0.199. The highest BCUT2D eigenvalue weighted by molar-refractivity contribution is 7.07. The second-order valence-corrected chi connectivity index (χ2v) is 4.28. The number of rotatable bonds is 4. The van der Waals surface area contributed by atoms with Crippen LogP contribution in [0.4, 0.5) is 0 Å². The largest absolute Gasteiger partial charge is 0.495 e. The fraction of sp³-hybridized carbons (Fsp3) is 0.273. The molecule has 18 heavy (non-hydrogen) atoms. The maximum atomic E-state index is 11.9. The SMILES string of the molecule is COc1cccnc1CNC(=O)c1snnc1C. The van der Waals surface area contributed by atoms with E-state index in [1.807, 2.05) is 0 Å². The van der Waals surface area contributed by atoms with Gasteiger partial charge in [0.2, 0.25) is 0 Å². The molecule has 2 heterocycles. The first-order chi connectivity index (χ1) is 8.72. The van der Waals surface area contributed by atoms with Gasteiger partial charge in [-0.05, 0) is 30.6 Å². The molecule has 0 fully saturated rings. The van der Waals surface area contributed by atoms with Crippen LogP contribution in [-0.2, 0) is 6.54 Å². The van der Waals surface area contributed by atoms with Gasteiger partial charge in [0.15, 0.2) is 0 Å². The number of amides is 1. The van der Waals surface area contributed by atoms with Crippen molar-refractivity contribution in [2.24, 2.45) is 0 Å². The Morgan fingerprint density at radius 1 is 1.56 bits per heavy atom. The summed E-state index contributed by atoms with van der Waals surface area (Å²) >= 11 is 1.08. The maximum Gasteiger partial charge on any atom is 0.265 e. The monoisotopic (exact) mass is 264 g/mol.